The van der Waals surface area contributed by atoms with Crippen molar-refractivity contribution in [3.8, 4) is 0 Å². The molecule has 1 unspecified atom stereocenters. The zero-order chi connectivity index (χ0) is 14.4. The summed E-state index contributed by atoms with van der Waals surface area (Å²) in [5.74, 6) is -1.06. The van der Waals surface area contributed by atoms with E-state index in [2.05, 4.69) is 15.9 Å². The Labute approximate surface area is 117 Å². The predicted molar refractivity (Wildman–Crippen MR) is 69.6 cm³/mol. The first kappa shape index (κ1) is 14.4. The molecule has 1 aliphatic rings. The molecule has 1 aliphatic heterocycles. The topological polar surface area (TPSA) is 54.5 Å². The largest absolute Gasteiger partial charge is 0.311 e. The molecule has 2 rings (SSSR count). The molecule has 1 heterocycles. The predicted octanol–water partition coefficient (Wildman–Crippen LogP) is 2.30. The summed E-state index contributed by atoms with van der Waals surface area (Å²) in [4.78, 5) is 12.8. The normalized spacial score (nSPS) is 20.1. The molecule has 1 aromatic rings. The van der Waals surface area contributed by atoms with Gasteiger partial charge in [0.1, 0.15) is 11.1 Å². The molecule has 1 fully saturated rings. The van der Waals surface area contributed by atoms with Crippen LogP contribution >= 0.6 is 15.9 Å². The van der Waals surface area contributed by atoms with Crippen molar-refractivity contribution < 1.29 is 21.5 Å². The first-order valence-electron chi connectivity index (χ1n) is 5.40. The number of halogens is 3. The lowest BCUT2D eigenvalue weighted by molar-refractivity contribution is -0.117. The fraction of sp³-hybridized carbons (Fsp3) is 0.364. The van der Waals surface area contributed by atoms with Gasteiger partial charge in [-0.1, -0.05) is 0 Å². The van der Waals surface area contributed by atoms with Gasteiger partial charge >= 0.3 is 10.2 Å². The summed E-state index contributed by atoms with van der Waals surface area (Å²) >= 11 is 3.01. The number of hydrogen-bond donors (Lipinski definition) is 0. The minimum atomic E-state index is -4.77. The monoisotopic (exact) mass is 353 g/mol. The van der Waals surface area contributed by atoms with E-state index in [4.69, 9.17) is 0 Å². The van der Waals surface area contributed by atoms with E-state index in [0.29, 0.717) is 0 Å². The van der Waals surface area contributed by atoms with E-state index in [0.717, 1.165) is 4.90 Å². The third kappa shape index (κ3) is 2.64. The highest BCUT2D eigenvalue weighted by Gasteiger charge is 2.39. The Morgan fingerprint density at radius 3 is 2.58 bits per heavy atom. The van der Waals surface area contributed by atoms with Gasteiger partial charge in [0.15, 0.2) is 0 Å². The number of anilines is 1. The van der Waals surface area contributed by atoms with E-state index >= 15 is 0 Å². The molecule has 0 bridgehead atoms. The van der Waals surface area contributed by atoms with E-state index in [-0.39, 0.29) is 22.3 Å². The van der Waals surface area contributed by atoms with E-state index in [1.165, 1.54) is 19.1 Å². The molecule has 1 saturated heterocycles. The fourth-order valence-corrected chi connectivity index (χ4v) is 3.13. The number of benzene rings is 1. The van der Waals surface area contributed by atoms with Crippen LogP contribution in [-0.2, 0) is 15.0 Å². The van der Waals surface area contributed by atoms with Crippen LogP contribution in [0.25, 0.3) is 0 Å². The van der Waals surface area contributed by atoms with Crippen LogP contribution in [0.1, 0.15) is 12.0 Å². The minimum absolute atomic E-state index is 0.208. The van der Waals surface area contributed by atoms with Crippen molar-refractivity contribution in [3.63, 3.8) is 0 Å². The van der Waals surface area contributed by atoms with Crippen LogP contribution in [0.5, 0.6) is 0 Å². The molecule has 0 aromatic heterocycles. The van der Waals surface area contributed by atoms with Gasteiger partial charge < -0.3 is 4.90 Å². The van der Waals surface area contributed by atoms with E-state index in [1.807, 2.05) is 0 Å². The number of carbonyl (C=O) groups excluding carboxylic acids is 1. The van der Waals surface area contributed by atoms with Gasteiger partial charge in [0.05, 0.1) is 4.47 Å². The number of amides is 1. The Bertz CT molecular complexity index is 648. The van der Waals surface area contributed by atoms with Crippen LogP contribution in [-0.4, -0.2) is 26.1 Å². The Balaban J connectivity index is 2.39. The van der Waals surface area contributed by atoms with Crippen molar-refractivity contribution in [2.24, 2.45) is 0 Å². The summed E-state index contributed by atoms with van der Waals surface area (Å²) in [7, 11) is -4.77. The van der Waals surface area contributed by atoms with Crippen molar-refractivity contribution in [1.82, 2.24) is 0 Å². The zero-order valence-corrected chi connectivity index (χ0v) is 12.3. The van der Waals surface area contributed by atoms with E-state index in [9.17, 15) is 21.5 Å². The van der Waals surface area contributed by atoms with Crippen LogP contribution in [0.2, 0.25) is 0 Å². The van der Waals surface area contributed by atoms with Gasteiger partial charge in [-0.05, 0) is 35.0 Å². The fourth-order valence-electron chi connectivity index (χ4n) is 2.03. The minimum Gasteiger partial charge on any atom is -0.311 e. The van der Waals surface area contributed by atoms with E-state index < -0.39 is 33.6 Å². The smallest absolute Gasteiger partial charge is 0.307 e. The average molecular weight is 354 g/mol. The first-order chi connectivity index (χ1) is 8.71. The van der Waals surface area contributed by atoms with Gasteiger partial charge in [0.2, 0.25) is 5.91 Å². The quantitative estimate of drug-likeness (QED) is 0.766. The van der Waals surface area contributed by atoms with Crippen LogP contribution in [0.15, 0.2) is 16.6 Å². The van der Waals surface area contributed by atoms with Crippen LogP contribution in [0.4, 0.5) is 14.0 Å². The Morgan fingerprint density at radius 1 is 1.42 bits per heavy atom. The molecular formula is C11H10BrF2NO3S. The number of hydrogen-bond acceptors (Lipinski definition) is 3. The third-order valence-electron chi connectivity index (χ3n) is 3.09. The second-order valence-electron chi connectivity index (χ2n) is 4.31. The Morgan fingerprint density at radius 2 is 2.05 bits per heavy atom. The highest BCUT2D eigenvalue weighted by atomic mass is 79.9. The molecule has 19 heavy (non-hydrogen) atoms. The molecular weight excluding hydrogens is 344 g/mol. The van der Waals surface area contributed by atoms with Crippen molar-refractivity contribution in [3.05, 3.63) is 28.0 Å². The van der Waals surface area contributed by atoms with Gasteiger partial charge in [-0.2, -0.15) is 8.42 Å². The molecule has 0 saturated carbocycles. The number of rotatable bonds is 2. The second kappa shape index (κ2) is 4.82. The van der Waals surface area contributed by atoms with Gasteiger partial charge in [0.25, 0.3) is 0 Å². The summed E-state index contributed by atoms with van der Waals surface area (Å²) in [5.41, 5.74) is 0.469. The number of nitrogens with zero attached hydrogens (tertiary/aromatic N) is 1. The highest BCUT2D eigenvalue weighted by Crippen LogP contribution is 2.32. The molecule has 4 nitrogen and oxygen atoms in total. The van der Waals surface area contributed by atoms with Gasteiger partial charge in [0, 0.05) is 24.2 Å². The molecule has 0 aliphatic carbocycles. The Kier molecular flexibility index (Phi) is 3.65. The van der Waals surface area contributed by atoms with E-state index in [1.54, 1.807) is 0 Å². The first-order valence-corrected chi connectivity index (χ1v) is 7.64. The van der Waals surface area contributed by atoms with Crippen LogP contribution in [0.3, 0.4) is 0 Å². The molecule has 0 radical (unpaired) electrons. The maximum absolute atomic E-state index is 13.7. The maximum atomic E-state index is 13.7. The number of carbonyl (C=O) groups is 1. The second-order valence-corrected chi connectivity index (χ2v) is 6.78. The van der Waals surface area contributed by atoms with Gasteiger partial charge in [-0.25, -0.2) is 4.39 Å². The standard InChI is InChI=1S/C11H10BrF2NO3S/c1-6-9(3-2-8(12)11(6)13)15-5-7(4-10(15)16)19(14,17)18/h2-3,7H,4-5H2,1H3. The summed E-state index contributed by atoms with van der Waals surface area (Å²) in [6.45, 7) is 1.18. The summed E-state index contributed by atoms with van der Waals surface area (Å²) in [6.07, 6.45) is -0.421. The van der Waals surface area contributed by atoms with Crippen molar-refractivity contribution >= 4 is 37.7 Å². The van der Waals surface area contributed by atoms with Crippen molar-refractivity contribution in [1.29, 1.82) is 0 Å². The molecule has 1 amide bonds. The molecule has 1 atom stereocenters. The summed E-state index contributed by atoms with van der Waals surface area (Å²) in [5, 5.41) is -1.38. The van der Waals surface area contributed by atoms with Crippen molar-refractivity contribution in [2.75, 3.05) is 11.4 Å². The summed E-state index contributed by atoms with van der Waals surface area (Å²) < 4.78 is 48.6. The van der Waals surface area contributed by atoms with Gasteiger partial charge in [-0.3, -0.25) is 4.79 Å². The lowest BCUT2D eigenvalue weighted by Crippen LogP contribution is -2.27. The average Bonchev–Trinajstić information content (AvgIpc) is 2.68. The SMILES string of the molecule is Cc1c(N2CC(S(=O)(=O)F)CC2=O)ccc(Br)c1F. The molecule has 0 N–H and O–H groups in total. The molecule has 0 spiro atoms. The highest BCUT2D eigenvalue weighted by molar-refractivity contribution is 9.10. The lowest BCUT2D eigenvalue weighted by Gasteiger charge is -2.19. The Hall–Kier alpha value is -1.02. The summed E-state index contributed by atoms with van der Waals surface area (Å²) in [6, 6.07) is 2.91. The van der Waals surface area contributed by atoms with Gasteiger partial charge in [-0.15, -0.1) is 3.89 Å². The van der Waals surface area contributed by atoms with Crippen LogP contribution in [0, 0.1) is 12.7 Å². The molecule has 1 aromatic carbocycles. The molecule has 8 heteroatoms. The van der Waals surface area contributed by atoms with Crippen LogP contribution < -0.4 is 4.90 Å². The third-order valence-corrected chi connectivity index (χ3v) is 4.81. The maximum Gasteiger partial charge on any atom is 0.307 e. The molecule has 104 valence electrons. The van der Waals surface area contributed by atoms with Crippen molar-refractivity contribution in [2.45, 2.75) is 18.6 Å². The zero-order valence-electron chi connectivity index (χ0n) is 9.86. The lowest BCUT2D eigenvalue weighted by atomic mass is 10.1.